The summed E-state index contributed by atoms with van der Waals surface area (Å²) in [7, 11) is 0. The van der Waals surface area contributed by atoms with Gasteiger partial charge >= 0.3 is 0 Å². The first-order valence-corrected chi connectivity index (χ1v) is 6.57. The Balaban J connectivity index is 2.83. The molecule has 2 amide bonds. The van der Waals surface area contributed by atoms with Gasteiger partial charge in [0, 0.05) is 19.0 Å². The molecule has 2 unspecified atom stereocenters. The van der Waals surface area contributed by atoms with Crippen LogP contribution in [-0.2, 0) is 9.59 Å². The molecule has 0 aromatic rings. The number of hydrogen-bond donors (Lipinski definition) is 1. The SMILES string of the molecule is CCCC1NC(=O)CCN(C(C)C(C)C)C1=O. The topological polar surface area (TPSA) is 49.4 Å². The van der Waals surface area contributed by atoms with Gasteiger partial charge in [0.1, 0.15) is 6.04 Å². The van der Waals surface area contributed by atoms with Crippen LogP contribution >= 0.6 is 0 Å². The minimum atomic E-state index is -0.323. The van der Waals surface area contributed by atoms with Crippen molar-refractivity contribution in [2.45, 2.75) is 59.0 Å². The molecule has 1 saturated heterocycles. The van der Waals surface area contributed by atoms with E-state index in [1.165, 1.54) is 0 Å². The summed E-state index contributed by atoms with van der Waals surface area (Å²) in [4.78, 5) is 25.8. The average molecular weight is 240 g/mol. The summed E-state index contributed by atoms with van der Waals surface area (Å²) >= 11 is 0. The van der Waals surface area contributed by atoms with Gasteiger partial charge in [0.25, 0.3) is 0 Å². The van der Waals surface area contributed by atoms with E-state index in [2.05, 4.69) is 26.1 Å². The molecule has 0 spiro atoms. The molecule has 1 aliphatic heterocycles. The van der Waals surface area contributed by atoms with Crippen molar-refractivity contribution in [1.29, 1.82) is 0 Å². The lowest BCUT2D eigenvalue weighted by Gasteiger charge is -2.32. The van der Waals surface area contributed by atoms with Crippen molar-refractivity contribution >= 4 is 11.8 Å². The van der Waals surface area contributed by atoms with Crippen LogP contribution in [0.25, 0.3) is 0 Å². The van der Waals surface area contributed by atoms with Crippen LogP contribution in [0.4, 0.5) is 0 Å². The van der Waals surface area contributed by atoms with E-state index in [0.717, 1.165) is 12.8 Å². The second-order valence-electron chi connectivity index (χ2n) is 5.18. The van der Waals surface area contributed by atoms with E-state index < -0.39 is 0 Å². The third-order valence-electron chi connectivity index (χ3n) is 3.53. The number of carbonyl (C=O) groups is 2. The second kappa shape index (κ2) is 6.03. The van der Waals surface area contributed by atoms with Gasteiger partial charge in [0.15, 0.2) is 0 Å². The van der Waals surface area contributed by atoms with E-state index in [1.54, 1.807) is 0 Å². The van der Waals surface area contributed by atoms with Crippen molar-refractivity contribution in [1.82, 2.24) is 10.2 Å². The van der Waals surface area contributed by atoms with Crippen molar-refractivity contribution in [3.05, 3.63) is 0 Å². The third kappa shape index (κ3) is 3.45. The molecule has 1 N–H and O–H groups in total. The van der Waals surface area contributed by atoms with Gasteiger partial charge < -0.3 is 10.2 Å². The van der Waals surface area contributed by atoms with E-state index in [9.17, 15) is 9.59 Å². The Morgan fingerprint density at radius 2 is 2.00 bits per heavy atom. The molecule has 0 bridgehead atoms. The normalized spacial score (nSPS) is 23.6. The monoisotopic (exact) mass is 240 g/mol. The minimum Gasteiger partial charge on any atom is -0.344 e. The fourth-order valence-electron chi connectivity index (χ4n) is 2.11. The van der Waals surface area contributed by atoms with Crippen LogP contribution in [0, 0.1) is 5.92 Å². The number of amides is 2. The van der Waals surface area contributed by atoms with Gasteiger partial charge in [-0.05, 0) is 19.3 Å². The molecule has 1 fully saturated rings. The molecule has 1 aliphatic rings. The predicted molar refractivity (Wildman–Crippen MR) is 67.5 cm³/mol. The zero-order valence-electron chi connectivity index (χ0n) is 11.3. The lowest BCUT2D eigenvalue weighted by atomic mass is 10.0. The summed E-state index contributed by atoms with van der Waals surface area (Å²) in [6.45, 7) is 8.84. The fraction of sp³-hybridized carbons (Fsp3) is 0.846. The van der Waals surface area contributed by atoms with Crippen molar-refractivity contribution in [3.8, 4) is 0 Å². The zero-order valence-corrected chi connectivity index (χ0v) is 11.3. The molecule has 4 heteroatoms. The highest BCUT2D eigenvalue weighted by molar-refractivity contribution is 5.90. The van der Waals surface area contributed by atoms with E-state index in [4.69, 9.17) is 0 Å². The van der Waals surface area contributed by atoms with Gasteiger partial charge in [0.2, 0.25) is 11.8 Å². The minimum absolute atomic E-state index is 0.00439. The van der Waals surface area contributed by atoms with Gasteiger partial charge in [-0.3, -0.25) is 9.59 Å². The molecule has 0 aliphatic carbocycles. The quantitative estimate of drug-likeness (QED) is 0.810. The molecular weight excluding hydrogens is 216 g/mol. The molecular formula is C13H24N2O2. The summed E-state index contributed by atoms with van der Waals surface area (Å²) < 4.78 is 0. The van der Waals surface area contributed by atoms with E-state index in [1.807, 2.05) is 11.8 Å². The molecule has 4 nitrogen and oxygen atoms in total. The van der Waals surface area contributed by atoms with Crippen LogP contribution in [0.1, 0.15) is 47.0 Å². The highest BCUT2D eigenvalue weighted by Gasteiger charge is 2.32. The lowest BCUT2D eigenvalue weighted by molar-refractivity contribution is -0.136. The van der Waals surface area contributed by atoms with Crippen LogP contribution in [0.5, 0.6) is 0 Å². The summed E-state index contributed by atoms with van der Waals surface area (Å²) in [5.74, 6) is 0.489. The molecule has 0 aromatic carbocycles. The van der Waals surface area contributed by atoms with E-state index in [-0.39, 0.29) is 23.9 Å². The van der Waals surface area contributed by atoms with Crippen LogP contribution in [-0.4, -0.2) is 35.3 Å². The smallest absolute Gasteiger partial charge is 0.245 e. The fourth-order valence-corrected chi connectivity index (χ4v) is 2.11. The molecule has 0 aromatic heterocycles. The molecule has 0 saturated carbocycles. The van der Waals surface area contributed by atoms with Gasteiger partial charge in [-0.25, -0.2) is 0 Å². The maximum absolute atomic E-state index is 12.3. The molecule has 1 heterocycles. The third-order valence-corrected chi connectivity index (χ3v) is 3.53. The molecule has 0 radical (unpaired) electrons. The molecule has 1 rings (SSSR count). The van der Waals surface area contributed by atoms with Crippen molar-refractivity contribution < 1.29 is 9.59 Å². The van der Waals surface area contributed by atoms with Gasteiger partial charge in [0.05, 0.1) is 0 Å². The maximum Gasteiger partial charge on any atom is 0.245 e. The Bertz CT molecular complexity index is 289. The predicted octanol–water partition coefficient (Wildman–Crippen LogP) is 1.55. The summed E-state index contributed by atoms with van der Waals surface area (Å²) in [5, 5.41) is 2.82. The van der Waals surface area contributed by atoms with Crippen molar-refractivity contribution in [3.63, 3.8) is 0 Å². The Labute approximate surface area is 104 Å². The summed E-state index contributed by atoms with van der Waals surface area (Å²) in [6.07, 6.45) is 2.05. The van der Waals surface area contributed by atoms with Gasteiger partial charge in [-0.2, -0.15) is 0 Å². The lowest BCUT2D eigenvalue weighted by Crippen LogP contribution is -2.49. The van der Waals surface area contributed by atoms with E-state index >= 15 is 0 Å². The van der Waals surface area contributed by atoms with Crippen LogP contribution in [0.2, 0.25) is 0 Å². The van der Waals surface area contributed by atoms with Crippen molar-refractivity contribution in [2.75, 3.05) is 6.54 Å². The maximum atomic E-state index is 12.3. The summed E-state index contributed by atoms with van der Waals surface area (Å²) in [5.41, 5.74) is 0. The standard InChI is InChI=1S/C13H24N2O2/c1-5-6-11-13(17)15(10(4)9(2)3)8-7-12(16)14-11/h9-11H,5-8H2,1-4H3,(H,14,16). The van der Waals surface area contributed by atoms with Gasteiger partial charge in [-0.1, -0.05) is 27.2 Å². The second-order valence-corrected chi connectivity index (χ2v) is 5.18. The average Bonchev–Trinajstić information content (AvgIpc) is 2.39. The highest BCUT2D eigenvalue weighted by Crippen LogP contribution is 2.16. The molecule has 98 valence electrons. The largest absolute Gasteiger partial charge is 0.344 e. The Morgan fingerprint density at radius 1 is 1.35 bits per heavy atom. The first kappa shape index (κ1) is 14.0. The Hall–Kier alpha value is -1.06. The van der Waals surface area contributed by atoms with Crippen LogP contribution in [0.15, 0.2) is 0 Å². The van der Waals surface area contributed by atoms with Crippen molar-refractivity contribution in [2.24, 2.45) is 5.92 Å². The molecule has 2 atom stereocenters. The summed E-state index contributed by atoms with van der Waals surface area (Å²) in [6, 6.07) is -0.134. The zero-order chi connectivity index (χ0) is 13.0. The first-order valence-electron chi connectivity index (χ1n) is 6.57. The van der Waals surface area contributed by atoms with Crippen LogP contribution in [0.3, 0.4) is 0 Å². The Morgan fingerprint density at radius 3 is 2.53 bits per heavy atom. The van der Waals surface area contributed by atoms with Crippen LogP contribution < -0.4 is 5.32 Å². The highest BCUT2D eigenvalue weighted by atomic mass is 16.2. The van der Waals surface area contributed by atoms with E-state index in [0.29, 0.717) is 18.9 Å². The number of nitrogens with zero attached hydrogens (tertiary/aromatic N) is 1. The first-order chi connectivity index (χ1) is 7.97. The van der Waals surface area contributed by atoms with Gasteiger partial charge in [-0.15, -0.1) is 0 Å². The number of nitrogens with one attached hydrogen (secondary N) is 1. The Kier molecular flexibility index (Phi) is 4.97. The number of carbonyl (C=O) groups excluding carboxylic acids is 2. The number of hydrogen-bond acceptors (Lipinski definition) is 2. The number of rotatable bonds is 4. The molecule has 17 heavy (non-hydrogen) atoms.